The number of phenols is 1. The van der Waals surface area contributed by atoms with Crippen LogP contribution >= 0.6 is 0 Å². The zero-order chi connectivity index (χ0) is 13.0. The van der Waals surface area contributed by atoms with E-state index in [0.717, 1.165) is 12.1 Å². The lowest BCUT2D eigenvalue weighted by atomic mass is 10.1. The summed E-state index contributed by atoms with van der Waals surface area (Å²) in [6, 6.07) is 3.30. The van der Waals surface area contributed by atoms with Gasteiger partial charge in [-0.05, 0) is 6.92 Å². The van der Waals surface area contributed by atoms with Gasteiger partial charge in [0.2, 0.25) is 0 Å². The second kappa shape index (κ2) is 4.94. The zero-order valence-electron chi connectivity index (χ0n) is 8.84. The Morgan fingerprint density at radius 3 is 2.76 bits per heavy atom. The van der Waals surface area contributed by atoms with Crippen LogP contribution in [0.15, 0.2) is 12.1 Å². The molecule has 0 amide bonds. The molecule has 0 aliphatic rings. The molecular formula is C10H8N2O5. The maximum Gasteiger partial charge on any atom is 0.339 e. The molecule has 0 radical (unpaired) electrons. The molecule has 7 heteroatoms. The van der Waals surface area contributed by atoms with Crippen LogP contribution in [0.5, 0.6) is 5.75 Å². The molecule has 1 aromatic rings. The minimum atomic E-state index is -0.886. The first-order chi connectivity index (χ1) is 8.01. The fourth-order valence-electron chi connectivity index (χ4n) is 1.20. The molecule has 0 saturated heterocycles. The third kappa shape index (κ3) is 2.49. The van der Waals surface area contributed by atoms with E-state index in [1.807, 2.05) is 0 Å². The van der Waals surface area contributed by atoms with Crippen LogP contribution in [0, 0.1) is 21.4 Å². The number of phenolic OH excluding ortho intramolecular Hbond substituents is 1. The van der Waals surface area contributed by atoms with Gasteiger partial charge in [0, 0.05) is 6.07 Å². The summed E-state index contributed by atoms with van der Waals surface area (Å²) in [6.07, 6.45) is 0. The van der Waals surface area contributed by atoms with E-state index in [0.29, 0.717) is 0 Å². The number of non-ortho nitro benzene ring substituents is 1. The van der Waals surface area contributed by atoms with Crippen molar-refractivity contribution < 1.29 is 19.6 Å². The summed E-state index contributed by atoms with van der Waals surface area (Å²) in [4.78, 5) is 21.2. The van der Waals surface area contributed by atoms with Crippen LogP contribution in [0.1, 0.15) is 22.8 Å². The van der Waals surface area contributed by atoms with Crippen LogP contribution in [0.2, 0.25) is 0 Å². The predicted octanol–water partition coefficient (Wildman–Crippen LogP) is 1.35. The number of nitrogens with zero attached hydrogens (tertiary/aromatic N) is 2. The molecule has 0 bridgehead atoms. The van der Waals surface area contributed by atoms with Crippen LogP contribution in [0.4, 0.5) is 5.69 Å². The normalized spacial score (nSPS) is 9.41. The summed E-state index contributed by atoms with van der Waals surface area (Å²) in [5.74, 6) is -1.51. The van der Waals surface area contributed by atoms with Gasteiger partial charge >= 0.3 is 5.97 Å². The predicted molar refractivity (Wildman–Crippen MR) is 55.4 cm³/mol. The van der Waals surface area contributed by atoms with Gasteiger partial charge in [-0.15, -0.1) is 0 Å². The number of benzene rings is 1. The Bertz CT molecular complexity index is 518. The van der Waals surface area contributed by atoms with Crippen LogP contribution in [0.3, 0.4) is 0 Å². The number of esters is 1. The van der Waals surface area contributed by atoms with E-state index in [2.05, 4.69) is 4.74 Å². The Kier molecular flexibility index (Phi) is 3.62. The molecule has 0 fully saturated rings. The van der Waals surface area contributed by atoms with Gasteiger partial charge in [0.1, 0.15) is 17.4 Å². The van der Waals surface area contributed by atoms with Crippen LogP contribution in [-0.2, 0) is 4.74 Å². The van der Waals surface area contributed by atoms with Gasteiger partial charge in [-0.25, -0.2) is 4.79 Å². The fourth-order valence-corrected chi connectivity index (χ4v) is 1.20. The van der Waals surface area contributed by atoms with Crippen molar-refractivity contribution in [2.45, 2.75) is 6.92 Å². The lowest BCUT2D eigenvalue weighted by Gasteiger charge is -2.05. The minimum absolute atomic E-state index is 0.0627. The Labute approximate surface area is 96.0 Å². The summed E-state index contributed by atoms with van der Waals surface area (Å²) in [5, 5.41) is 28.7. The van der Waals surface area contributed by atoms with Crippen LogP contribution < -0.4 is 0 Å². The molecule has 0 atom stereocenters. The summed E-state index contributed by atoms with van der Waals surface area (Å²) in [7, 11) is 0. The monoisotopic (exact) mass is 236 g/mol. The van der Waals surface area contributed by atoms with Gasteiger partial charge < -0.3 is 9.84 Å². The molecule has 0 aliphatic heterocycles. The summed E-state index contributed by atoms with van der Waals surface area (Å²) < 4.78 is 4.64. The Morgan fingerprint density at radius 1 is 1.65 bits per heavy atom. The lowest BCUT2D eigenvalue weighted by Crippen LogP contribution is -2.08. The molecule has 0 saturated carbocycles. The molecule has 1 N–H and O–H groups in total. The second-order valence-electron chi connectivity index (χ2n) is 2.98. The average Bonchev–Trinajstić information content (AvgIpc) is 2.28. The highest BCUT2D eigenvalue weighted by Crippen LogP contribution is 2.27. The molecule has 0 aromatic heterocycles. The number of aromatic hydroxyl groups is 1. The van der Waals surface area contributed by atoms with Crippen molar-refractivity contribution in [2.24, 2.45) is 0 Å². The SMILES string of the molecule is CCOC(=O)c1cc([N+](=O)[O-])cc(O)c1C#N. The van der Waals surface area contributed by atoms with Crippen LogP contribution in [-0.4, -0.2) is 22.6 Å². The van der Waals surface area contributed by atoms with Gasteiger partial charge in [-0.3, -0.25) is 10.1 Å². The van der Waals surface area contributed by atoms with Crippen molar-refractivity contribution in [1.82, 2.24) is 0 Å². The highest BCUT2D eigenvalue weighted by atomic mass is 16.6. The van der Waals surface area contributed by atoms with E-state index in [1.54, 1.807) is 13.0 Å². The van der Waals surface area contributed by atoms with E-state index < -0.39 is 22.3 Å². The quantitative estimate of drug-likeness (QED) is 0.481. The minimum Gasteiger partial charge on any atom is -0.506 e. The van der Waals surface area contributed by atoms with Crippen molar-refractivity contribution in [3.63, 3.8) is 0 Å². The number of carbonyl (C=O) groups excluding carboxylic acids is 1. The summed E-state index contributed by atoms with van der Waals surface area (Å²) in [6.45, 7) is 1.62. The van der Waals surface area contributed by atoms with Crippen molar-refractivity contribution in [2.75, 3.05) is 6.61 Å². The largest absolute Gasteiger partial charge is 0.506 e. The number of hydrogen-bond donors (Lipinski definition) is 1. The first-order valence-corrected chi connectivity index (χ1v) is 4.59. The van der Waals surface area contributed by atoms with Gasteiger partial charge in [0.25, 0.3) is 5.69 Å². The third-order valence-electron chi connectivity index (χ3n) is 1.92. The molecule has 0 spiro atoms. The number of nitro benzene ring substituents is 1. The van der Waals surface area contributed by atoms with Gasteiger partial charge in [-0.2, -0.15) is 5.26 Å². The molecule has 1 aromatic carbocycles. The van der Waals surface area contributed by atoms with Gasteiger partial charge in [0.15, 0.2) is 0 Å². The molecule has 0 unspecified atom stereocenters. The van der Waals surface area contributed by atoms with E-state index in [9.17, 15) is 20.0 Å². The van der Waals surface area contributed by atoms with Crippen molar-refractivity contribution in [1.29, 1.82) is 5.26 Å². The standard InChI is InChI=1S/C10H8N2O5/c1-2-17-10(14)7-3-6(12(15)16)4-9(13)8(7)5-11/h3-4,13H,2H2,1H3. The molecule has 0 heterocycles. The van der Waals surface area contributed by atoms with Crippen molar-refractivity contribution in [3.05, 3.63) is 33.4 Å². The summed E-state index contributed by atoms with van der Waals surface area (Å²) >= 11 is 0. The molecule has 88 valence electrons. The maximum absolute atomic E-state index is 11.4. The Morgan fingerprint density at radius 2 is 2.29 bits per heavy atom. The number of nitro groups is 1. The summed E-state index contributed by atoms with van der Waals surface area (Å²) in [5.41, 5.74) is -1.14. The smallest absolute Gasteiger partial charge is 0.339 e. The van der Waals surface area contributed by atoms with Gasteiger partial charge in [0.05, 0.1) is 23.2 Å². The van der Waals surface area contributed by atoms with E-state index in [-0.39, 0.29) is 17.7 Å². The maximum atomic E-state index is 11.4. The second-order valence-corrected chi connectivity index (χ2v) is 2.98. The highest BCUT2D eigenvalue weighted by Gasteiger charge is 2.21. The number of carbonyl (C=O) groups is 1. The van der Waals surface area contributed by atoms with Crippen molar-refractivity contribution in [3.8, 4) is 11.8 Å². The molecular weight excluding hydrogens is 228 g/mol. The topological polar surface area (TPSA) is 113 Å². The fraction of sp³-hybridized carbons (Fsp3) is 0.200. The molecule has 7 nitrogen and oxygen atoms in total. The highest BCUT2D eigenvalue weighted by molar-refractivity contribution is 5.94. The molecule has 1 rings (SSSR count). The van der Waals surface area contributed by atoms with E-state index in [4.69, 9.17) is 5.26 Å². The van der Waals surface area contributed by atoms with Crippen LogP contribution in [0.25, 0.3) is 0 Å². The number of rotatable bonds is 3. The van der Waals surface area contributed by atoms with Crippen molar-refractivity contribution >= 4 is 11.7 Å². The molecule has 17 heavy (non-hydrogen) atoms. The Balaban J connectivity index is 3.40. The number of nitriles is 1. The van der Waals surface area contributed by atoms with E-state index in [1.165, 1.54) is 0 Å². The first kappa shape index (κ1) is 12.4. The first-order valence-electron chi connectivity index (χ1n) is 4.59. The zero-order valence-corrected chi connectivity index (χ0v) is 8.84. The average molecular weight is 236 g/mol. The number of ether oxygens (including phenoxy) is 1. The number of hydrogen-bond acceptors (Lipinski definition) is 6. The lowest BCUT2D eigenvalue weighted by molar-refractivity contribution is -0.385. The van der Waals surface area contributed by atoms with Gasteiger partial charge in [-0.1, -0.05) is 0 Å². The third-order valence-corrected chi connectivity index (χ3v) is 1.92. The Hall–Kier alpha value is -2.62. The van der Waals surface area contributed by atoms with E-state index >= 15 is 0 Å². The molecule has 0 aliphatic carbocycles.